The monoisotopic (exact) mass is 244 g/mol. The zero-order valence-electron chi connectivity index (χ0n) is 11.3. The third-order valence-electron chi connectivity index (χ3n) is 3.94. The Kier molecular flexibility index (Phi) is 2.78. The number of nitrogens with zero attached hydrogens (tertiary/aromatic N) is 1. The molecule has 3 rings (SSSR count). The molecule has 18 heavy (non-hydrogen) atoms. The van der Waals surface area contributed by atoms with Crippen LogP contribution in [0.1, 0.15) is 25.1 Å². The number of hydrogen-bond donors (Lipinski definition) is 1. The molecule has 96 valence electrons. The van der Waals surface area contributed by atoms with E-state index in [2.05, 4.69) is 35.9 Å². The highest BCUT2D eigenvalue weighted by Gasteiger charge is 2.22. The van der Waals surface area contributed by atoms with Gasteiger partial charge in [-0.1, -0.05) is 0 Å². The van der Waals surface area contributed by atoms with Gasteiger partial charge in [-0.15, -0.1) is 0 Å². The SMILES string of the molecule is COc1ccc2[nH]c3c(c2c1)CN(C(C)C)CC3. The molecule has 3 nitrogen and oxygen atoms in total. The Labute approximate surface area is 108 Å². The topological polar surface area (TPSA) is 28.3 Å². The molecule has 0 bridgehead atoms. The summed E-state index contributed by atoms with van der Waals surface area (Å²) in [5, 5.41) is 1.31. The van der Waals surface area contributed by atoms with Crippen molar-refractivity contribution in [3.8, 4) is 5.75 Å². The minimum Gasteiger partial charge on any atom is -0.497 e. The van der Waals surface area contributed by atoms with Gasteiger partial charge in [-0.3, -0.25) is 4.90 Å². The second-order valence-electron chi connectivity index (χ2n) is 5.31. The van der Waals surface area contributed by atoms with Crippen LogP contribution in [-0.4, -0.2) is 29.6 Å². The Morgan fingerprint density at radius 2 is 2.17 bits per heavy atom. The summed E-state index contributed by atoms with van der Waals surface area (Å²) < 4.78 is 5.33. The van der Waals surface area contributed by atoms with E-state index in [0.29, 0.717) is 6.04 Å². The Hall–Kier alpha value is -1.48. The first-order valence-corrected chi connectivity index (χ1v) is 6.60. The predicted octanol–water partition coefficient (Wildman–Crippen LogP) is 2.94. The Bertz CT molecular complexity index is 571. The molecule has 2 heterocycles. The van der Waals surface area contributed by atoms with Crippen LogP contribution in [0, 0.1) is 0 Å². The quantitative estimate of drug-likeness (QED) is 0.879. The second kappa shape index (κ2) is 4.32. The molecule has 1 aromatic carbocycles. The first-order chi connectivity index (χ1) is 8.69. The largest absolute Gasteiger partial charge is 0.497 e. The number of aromatic nitrogens is 1. The standard InChI is InChI=1S/C15H20N2O/c1-10(2)17-7-6-15-13(9-17)12-8-11(18-3)4-5-14(12)16-15/h4-5,8,10,16H,6-7,9H2,1-3H3. The number of methoxy groups -OCH3 is 1. The fourth-order valence-corrected chi connectivity index (χ4v) is 2.78. The number of nitrogens with one attached hydrogen (secondary N) is 1. The molecule has 0 unspecified atom stereocenters. The van der Waals surface area contributed by atoms with Crippen LogP contribution in [-0.2, 0) is 13.0 Å². The van der Waals surface area contributed by atoms with Crippen LogP contribution in [0.2, 0.25) is 0 Å². The van der Waals surface area contributed by atoms with Crippen LogP contribution in [0.3, 0.4) is 0 Å². The molecule has 1 aliphatic rings. The van der Waals surface area contributed by atoms with E-state index in [1.807, 2.05) is 6.07 Å². The molecule has 0 radical (unpaired) electrons. The second-order valence-corrected chi connectivity index (χ2v) is 5.31. The fraction of sp³-hybridized carbons (Fsp3) is 0.467. The van der Waals surface area contributed by atoms with Gasteiger partial charge >= 0.3 is 0 Å². The maximum atomic E-state index is 5.33. The lowest BCUT2D eigenvalue weighted by atomic mass is 10.0. The smallest absolute Gasteiger partial charge is 0.119 e. The Balaban J connectivity index is 2.08. The van der Waals surface area contributed by atoms with Gasteiger partial charge in [0.15, 0.2) is 0 Å². The number of benzene rings is 1. The summed E-state index contributed by atoms with van der Waals surface area (Å²) >= 11 is 0. The van der Waals surface area contributed by atoms with E-state index in [-0.39, 0.29) is 0 Å². The van der Waals surface area contributed by atoms with Gasteiger partial charge in [-0.25, -0.2) is 0 Å². The number of aromatic amines is 1. The minimum absolute atomic E-state index is 0.605. The van der Waals surface area contributed by atoms with Crippen molar-refractivity contribution in [3.05, 3.63) is 29.5 Å². The zero-order chi connectivity index (χ0) is 12.7. The summed E-state index contributed by atoms with van der Waals surface area (Å²) in [6, 6.07) is 6.89. The molecule has 0 amide bonds. The van der Waals surface area contributed by atoms with Crippen LogP contribution in [0.15, 0.2) is 18.2 Å². The van der Waals surface area contributed by atoms with E-state index >= 15 is 0 Å². The van der Waals surface area contributed by atoms with Crippen molar-refractivity contribution < 1.29 is 4.74 Å². The third kappa shape index (κ3) is 1.79. The predicted molar refractivity (Wildman–Crippen MR) is 74.1 cm³/mol. The average Bonchev–Trinajstić information content (AvgIpc) is 2.75. The van der Waals surface area contributed by atoms with Crippen LogP contribution >= 0.6 is 0 Å². The molecule has 0 aliphatic carbocycles. The highest BCUT2D eigenvalue weighted by molar-refractivity contribution is 5.86. The fourth-order valence-electron chi connectivity index (χ4n) is 2.78. The van der Waals surface area contributed by atoms with E-state index in [1.54, 1.807) is 7.11 Å². The van der Waals surface area contributed by atoms with Crippen molar-refractivity contribution in [3.63, 3.8) is 0 Å². The zero-order valence-corrected chi connectivity index (χ0v) is 11.3. The first-order valence-electron chi connectivity index (χ1n) is 6.60. The molecule has 0 saturated heterocycles. The van der Waals surface area contributed by atoms with Gasteiger partial charge in [0.05, 0.1) is 7.11 Å². The molecule has 0 fully saturated rings. The molecule has 1 N–H and O–H groups in total. The summed E-state index contributed by atoms with van der Waals surface area (Å²) in [7, 11) is 1.72. The molecule has 2 aromatic rings. The molecular weight excluding hydrogens is 224 g/mol. The molecule has 1 aliphatic heterocycles. The van der Waals surface area contributed by atoms with Crippen molar-refractivity contribution in [2.45, 2.75) is 32.9 Å². The summed E-state index contributed by atoms with van der Waals surface area (Å²) in [5.74, 6) is 0.936. The van der Waals surface area contributed by atoms with Crippen LogP contribution in [0.25, 0.3) is 10.9 Å². The lowest BCUT2D eigenvalue weighted by Crippen LogP contribution is -2.35. The van der Waals surface area contributed by atoms with Gasteiger partial charge in [0.25, 0.3) is 0 Å². The van der Waals surface area contributed by atoms with Crippen molar-refractivity contribution in [2.24, 2.45) is 0 Å². The number of fused-ring (bicyclic) bond motifs is 3. The molecule has 1 aromatic heterocycles. The molecule has 0 atom stereocenters. The summed E-state index contributed by atoms with van der Waals surface area (Å²) in [5.41, 5.74) is 4.07. The maximum Gasteiger partial charge on any atom is 0.119 e. The van der Waals surface area contributed by atoms with Gasteiger partial charge in [-0.05, 0) is 37.6 Å². The van der Waals surface area contributed by atoms with Gasteiger partial charge in [0.2, 0.25) is 0 Å². The first kappa shape index (κ1) is 11.6. The molecule has 0 spiro atoms. The summed E-state index contributed by atoms with van der Waals surface area (Å²) in [6.07, 6.45) is 1.12. The van der Waals surface area contributed by atoms with Crippen molar-refractivity contribution >= 4 is 10.9 Å². The maximum absolute atomic E-state index is 5.33. The number of H-pyrrole nitrogens is 1. The lowest BCUT2D eigenvalue weighted by molar-refractivity contribution is 0.203. The normalized spacial score (nSPS) is 16.2. The molecule has 3 heteroatoms. The van der Waals surface area contributed by atoms with Crippen LogP contribution in [0.4, 0.5) is 0 Å². The van der Waals surface area contributed by atoms with E-state index < -0.39 is 0 Å². The van der Waals surface area contributed by atoms with Crippen molar-refractivity contribution in [1.82, 2.24) is 9.88 Å². The van der Waals surface area contributed by atoms with Crippen molar-refractivity contribution in [2.75, 3.05) is 13.7 Å². The van der Waals surface area contributed by atoms with Gasteiger partial charge in [0, 0.05) is 42.1 Å². The number of rotatable bonds is 2. The van der Waals surface area contributed by atoms with Gasteiger partial charge in [0.1, 0.15) is 5.75 Å². The highest BCUT2D eigenvalue weighted by Crippen LogP contribution is 2.30. The number of ether oxygens (including phenoxy) is 1. The Morgan fingerprint density at radius 1 is 1.33 bits per heavy atom. The highest BCUT2D eigenvalue weighted by atomic mass is 16.5. The van der Waals surface area contributed by atoms with E-state index in [0.717, 1.165) is 25.3 Å². The minimum atomic E-state index is 0.605. The average molecular weight is 244 g/mol. The lowest BCUT2D eigenvalue weighted by Gasteiger charge is -2.30. The Morgan fingerprint density at radius 3 is 2.89 bits per heavy atom. The molecule has 0 saturated carbocycles. The van der Waals surface area contributed by atoms with Gasteiger partial charge in [-0.2, -0.15) is 0 Å². The van der Waals surface area contributed by atoms with E-state index in [9.17, 15) is 0 Å². The van der Waals surface area contributed by atoms with Crippen LogP contribution < -0.4 is 4.74 Å². The van der Waals surface area contributed by atoms with E-state index in [4.69, 9.17) is 4.74 Å². The molecular formula is C15H20N2O. The summed E-state index contributed by atoms with van der Waals surface area (Å²) in [6.45, 7) is 6.72. The third-order valence-corrected chi connectivity index (χ3v) is 3.94. The number of hydrogen-bond acceptors (Lipinski definition) is 2. The van der Waals surface area contributed by atoms with Gasteiger partial charge < -0.3 is 9.72 Å². The van der Waals surface area contributed by atoms with Crippen molar-refractivity contribution in [1.29, 1.82) is 0 Å². The van der Waals surface area contributed by atoms with E-state index in [1.165, 1.54) is 22.2 Å². The van der Waals surface area contributed by atoms with Crippen LogP contribution in [0.5, 0.6) is 5.75 Å². The summed E-state index contributed by atoms with van der Waals surface area (Å²) in [4.78, 5) is 6.07.